The standard InChI is InChI=1S/C13H19NO3/c1-3-11(14)10-6-4-5-7-12(10)17-9-8-13(15)16-2/h4-7,11H,3,8-9,14H2,1-2H3/t11-/m0/s1. The van der Waals surface area contributed by atoms with E-state index in [0.29, 0.717) is 6.61 Å². The van der Waals surface area contributed by atoms with Gasteiger partial charge in [0.25, 0.3) is 0 Å². The lowest BCUT2D eigenvalue weighted by atomic mass is 10.0. The quantitative estimate of drug-likeness (QED) is 0.769. The molecule has 1 atom stereocenters. The van der Waals surface area contributed by atoms with Crippen LogP contribution in [0.3, 0.4) is 0 Å². The van der Waals surface area contributed by atoms with Crippen molar-refractivity contribution in [2.75, 3.05) is 13.7 Å². The highest BCUT2D eigenvalue weighted by Crippen LogP contribution is 2.25. The van der Waals surface area contributed by atoms with E-state index in [4.69, 9.17) is 10.5 Å². The first kappa shape index (κ1) is 13.5. The zero-order valence-electron chi connectivity index (χ0n) is 10.3. The van der Waals surface area contributed by atoms with Gasteiger partial charge < -0.3 is 15.2 Å². The summed E-state index contributed by atoms with van der Waals surface area (Å²) in [6.07, 6.45) is 1.09. The van der Waals surface area contributed by atoms with Crippen molar-refractivity contribution in [1.82, 2.24) is 0 Å². The monoisotopic (exact) mass is 237 g/mol. The minimum Gasteiger partial charge on any atom is -0.493 e. The van der Waals surface area contributed by atoms with E-state index < -0.39 is 0 Å². The largest absolute Gasteiger partial charge is 0.493 e. The fourth-order valence-electron chi connectivity index (χ4n) is 1.48. The Morgan fingerprint density at radius 3 is 2.76 bits per heavy atom. The van der Waals surface area contributed by atoms with Crippen molar-refractivity contribution in [2.45, 2.75) is 25.8 Å². The van der Waals surface area contributed by atoms with Crippen LogP contribution < -0.4 is 10.5 Å². The molecule has 1 aromatic rings. The van der Waals surface area contributed by atoms with Gasteiger partial charge in [0.15, 0.2) is 0 Å². The van der Waals surface area contributed by atoms with Gasteiger partial charge in [0.05, 0.1) is 20.1 Å². The Labute approximate surface area is 102 Å². The van der Waals surface area contributed by atoms with Crippen LogP contribution in [0.4, 0.5) is 0 Å². The summed E-state index contributed by atoms with van der Waals surface area (Å²) in [5.74, 6) is 0.466. The molecular weight excluding hydrogens is 218 g/mol. The van der Waals surface area contributed by atoms with Crippen molar-refractivity contribution in [1.29, 1.82) is 0 Å². The number of methoxy groups -OCH3 is 1. The summed E-state index contributed by atoms with van der Waals surface area (Å²) < 4.78 is 10.1. The minimum absolute atomic E-state index is 0.0377. The van der Waals surface area contributed by atoms with Crippen molar-refractivity contribution in [2.24, 2.45) is 5.73 Å². The Morgan fingerprint density at radius 1 is 1.41 bits per heavy atom. The molecule has 0 radical (unpaired) electrons. The van der Waals surface area contributed by atoms with Gasteiger partial charge in [0.2, 0.25) is 0 Å². The van der Waals surface area contributed by atoms with Gasteiger partial charge in [0.1, 0.15) is 5.75 Å². The predicted molar refractivity (Wildman–Crippen MR) is 65.8 cm³/mol. The van der Waals surface area contributed by atoms with Gasteiger partial charge in [-0.15, -0.1) is 0 Å². The predicted octanol–water partition coefficient (Wildman–Crippen LogP) is 2.04. The number of benzene rings is 1. The van der Waals surface area contributed by atoms with Crippen LogP contribution in [0.2, 0.25) is 0 Å². The second kappa shape index (κ2) is 6.91. The third-order valence-electron chi connectivity index (χ3n) is 2.55. The lowest BCUT2D eigenvalue weighted by Crippen LogP contribution is -2.12. The Balaban J connectivity index is 2.61. The van der Waals surface area contributed by atoms with Crippen LogP contribution in [0.5, 0.6) is 5.75 Å². The lowest BCUT2D eigenvalue weighted by molar-refractivity contribution is -0.141. The minimum atomic E-state index is -0.276. The number of nitrogens with two attached hydrogens (primary N) is 1. The molecule has 0 aliphatic rings. The fourth-order valence-corrected chi connectivity index (χ4v) is 1.48. The maximum atomic E-state index is 11.0. The summed E-state index contributed by atoms with van der Waals surface area (Å²) in [7, 11) is 1.36. The SMILES string of the molecule is CC[C@H](N)c1ccccc1OCCC(=O)OC. The highest BCUT2D eigenvalue weighted by atomic mass is 16.5. The van der Waals surface area contributed by atoms with Crippen molar-refractivity contribution < 1.29 is 14.3 Å². The molecule has 0 heterocycles. The van der Waals surface area contributed by atoms with Crippen LogP contribution in [0, 0.1) is 0 Å². The molecule has 0 amide bonds. The second-order valence-corrected chi connectivity index (χ2v) is 3.73. The number of hydrogen-bond donors (Lipinski definition) is 1. The molecule has 4 heteroatoms. The zero-order chi connectivity index (χ0) is 12.7. The number of esters is 1. The van der Waals surface area contributed by atoms with Gasteiger partial charge in [0, 0.05) is 11.6 Å². The average Bonchev–Trinajstić information content (AvgIpc) is 2.38. The van der Waals surface area contributed by atoms with Crippen molar-refractivity contribution in [3.05, 3.63) is 29.8 Å². The first-order valence-corrected chi connectivity index (χ1v) is 5.73. The van der Waals surface area contributed by atoms with Crippen LogP contribution in [0.1, 0.15) is 31.4 Å². The van der Waals surface area contributed by atoms with E-state index in [9.17, 15) is 4.79 Å². The first-order chi connectivity index (χ1) is 8.19. The maximum Gasteiger partial charge on any atom is 0.308 e. The molecule has 1 aromatic carbocycles. The van der Waals surface area contributed by atoms with Crippen molar-refractivity contribution in [3.8, 4) is 5.75 Å². The summed E-state index contributed by atoms with van der Waals surface area (Å²) >= 11 is 0. The van der Waals surface area contributed by atoms with Gasteiger partial charge >= 0.3 is 5.97 Å². The van der Waals surface area contributed by atoms with Gasteiger partial charge in [-0.1, -0.05) is 25.1 Å². The van der Waals surface area contributed by atoms with Crippen LogP contribution >= 0.6 is 0 Å². The summed E-state index contributed by atoms with van der Waals surface area (Å²) in [6, 6.07) is 7.59. The Morgan fingerprint density at radius 2 is 2.12 bits per heavy atom. The third-order valence-corrected chi connectivity index (χ3v) is 2.55. The number of para-hydroxylation sites is 1. The van der Waals surface area contributed by atoms with E-state index >= 15 is 0 Å². The molecule has 0 fully saturated rings. The van der Waals surface area contributed by atoms with Crippen molar-refractivity contribution >= 4 is 5.97 Å². The van der Waals surface area contributed by atoms with E-state index in [-0.39, 0.29) is 18.4 Å². The Kier molecular flexibility index (Phi) is 5.49. The topological polar surface area (TPSA) is 61.5 Å². The molecule has 0 aromatic heterocycles. The van der Waals surface area contributed by atoms with E-state index in [2.05, 4.69) is 4.74 Å². The summed E-state index contributed by atoms with van der Waals surface area (Å²) in [4.78, 5) is 11.0. The summed E-state index contributed by atoms with van der Waals surface area (Å²) in [6.45, 7) is 2.33. The van der Waals surface area contributed by atoms with Crippen LogP contribution in [-0.2, 0) is 9.53 Å². The molecule has 0 saturated carbocycles. The zero-order valence-corrected chi connectivity index (χ0v) is 10.3. The van der Waals surface area contributed by atoms with Crippen LogP contribution in [-0.4, -0.2) is 19.7 Å². The molecule has 0 spiro atoms. The summed E-state index contributed by atoms with van der Waals surface area (Å²) in [5, 5.41) is 0. The highest BCUT2D eigenvalue weighted by molar-refractivity contribution is 5.69. The normalized spacial score (nSPS) is 11.9. The number of carbonyl (C=O) groups is 1. The lowest BCUT2D eigenvalue weighted by Gasteiger charge is -2.15. The number of ether oxygens (including phenoxy) is 2. The van der Waals surface area contributed by atoms with Gasteiger partial charge in [-0.25, -0.2) is 0 Å². The molecule has 0 unspecified atom stereocenters. The molecule has 1 rings (SSSR count). The maximum absolute atomic E-state index is 11.0. The molecule has 94 valence electrons. The molecule has 0 saturated heterocycles. The molecular formula is C13H19NO3. The van der Waals surface area contributed by atoms with E-state index in [1.54, 1.807) is 0 Å². The molecule has 4 nitrogen and oxygen atoms in total. The van der Waals surface area contributed by atoms with Crippen LogP contribution in [0.25, 0.3) is 0 Å². The highest BCUT2D eigenvalue weighted by Gasteiger charge is 2.10. The summed E-state index contributed by atoms with van der Waals surface area (Å²) in [5.41, 5.74) is 6.95. The molecule has 17 heavy (non-hydrogen) atoms. The fraction of sp³-hybridized carbons (Fsp3) is 0.462. The molecule has 0 bridgehead atoms. The van der Waals surface area contributed by atoms with E-state index in [1.807, 2.05) is 31.2 Å². The van der Waals surface area contributed by atoms with Crippen molar-refractivity contribution in [3.63, 3.8) is 0 Å². The third kappa shape index (κ3) is 4.07. The van der Waals surface area contributed by atoms with Gasteiger partial charge in [-0.3, -0.25) is 4.79 Å². The average molecular weight is 237 g/mol. The smallest absolute Gasteiger partial charge is 0.308 e. The number of rotatable bonds is 6. The molecule has 0 aliphatic carbocycles. The van der Waals surface area contributed by atoms with E-state index in [1.165, 1.54) is 7.11 Å². The van der Waals surface area contributed by atoms with Gasteiger partial charge in [-0.05, 0) is 12.5 Å². The first-order valence-electron chi connectivity index (χ1n) is 5.73. The van der Waals surface area contributed by atoms with E-state index in [0.717, 1.165) is 17.7 Å². The van der Waals surface area contributed by atoms with Gasteiger partial charge in [-0.2, -0.15) is 0 Å². The molecule has 0 aliphatic heterocycles. The second-order valence-electron chi connectivity index (χ2n) is 3.73. The Bertz CT molecular complexity index is 365. The molecule has 2 N–H and O–H groups in total. The Hall–Kier alpha value is -1.55. The number of carbonyl (C=O) groups excluding carboxylic acids is 1. The van der Waals surface area contributed by atoms with Crippen LogP contribution in [0.15, 0.2) is 24.3 Å². The number of hydrogen-bond acceptors (Lipinski definition) is 4.